The van der Waals surface area contributed by atoms with Gasteiger partial charge >= 0.3 is 5.97 Å². The molecule has 1 aromatic carbocycles. The second-order valence-corrected chi connectivity index (χ2v) is 4.02. The van der Waals surface area contributed by atoms with Crippen LogP contribution in [0.15, 0.2) is 24.3 Å². The van der Waals surface area contributed by atoms with Gasteiger partial charge in [-0.2, -0.15) is 0 Å². The fourth-order valence-corrected chi connectivity index (χ4v) is 1.87. The lowest BCUT2D eigenvalue weighted by Gasteiger charge is -2.09. The average molecular weight is 194 g/mol. The topological polar surface area (TPSA) is 37.3 Å². The highest BCUT2D eigenvalue weighted by atomic mass is 19.1. The van der Waals surface area contributed by atoms with Crippen molar-refractivity contribution in [2.45, 2.75) is 18.8 Å². The maximum atomic E-state index is 12.6. The Labute approximate surface area is 81.4 Å². The lowest BCUT2D eigenvalue weighted by atomic mass is 9.95. The number of rotatable bonds is 2. The van der Waals surface area contributed by atoms with E-state index in [1.54, 1.807) is 12.1 Å². The Morgan fingerprint density at radius 2 is 2.07 bits per heavy atom. The van der Waals surface area contributed by atoms with E-state index in [1.165, 1.54) is 12.1 Å². The number of hydrogen-bond donors (Lipinski definition) is 1. The Kier molecular flexibility index (Phi) is 1.84. The van der Waals surface area contributed by atoms with E-state index >= 15 is 0 Å². The van der Waals surface area contributed by atoms with Gasteiger partial charge in [0.25, 0.3) is 0 Å². The van der Waals surface area contributed by atoms with E-state index < -0.39 is 5.97 Å². The zero-order chi connectivity index (χ0) is 10.3. The van der Waals surface area contributed by atoms with Gasteiger partial charge in [0.2, 0.25) is 0 Å². The Morgan fingerprint density at radius 1 is 1.50 bits per heavy atom. The van der Waals surface area contributed by atoms with Gasteiger partial charge in [-0.3, -0.25) is 4.79 Å². The minimum absolute atomic E-state index is 0.287. The second kappa shape index (κ2) is 2.80. The molecule has 74 valence electrons. The maximum Gasteiger partial charge on any atom is 0.307 e. The fraction of sp³-hybridized carbons (Fsp3) is 0.364. The molecule has 0 heterocycles. The maximum absolute atomic E-state index is 12.6. The highest BCUT2D eigenvalue weighted by molar-refractivity contribution is 5.77. The highest BCUT2D eigenvalue weighted by Crippen LogP contribution is 2.53. The predicted octanol–water partition coefficient (Wildman–Crippen LogP) is 2.19. The number of carboxylic acids is 1. The summed E-state index contributed by atoms with van der Waals surface area (Å²) in [6.45, 7) is 1.90. The third kappa shape index (κ3) is 1.29. The van der Waals surface area contributed by atoms with Crippen LogP contribution in [-0.4, -0.2) is 11.1 Å². The van der Waals surface area contributed by atoms with Gasteiger partial charge in [-0.15, -0.1) is 0 Å². The SMILES string of the molecule is C[C@]1(c2ccc(F)cc2)C[C@@H]1C(=O)O. The third-order valence-corrected chi connectivity index (χ3v) is 3.04. The Balaban J connectivity index is 2.25. The molecule has 0 amide bonds. The van der Waals surface area contributed by atoms with Crippen molar-refractivity contribution >= 4 is 5.97 Å². The summed E-state index contributed by atoms with van der Waals surface area (Å²) >= 11 is 0. The first-order valence-electron chi connectivity index (χ1n) is 4.53. The highest BCUT2D eigenvalue weighted by Gasteiger charge is 2.55. The third-order valence-electron chi connectivity index (χ3n) is 3.04. The van der Waals surface area contributed by atoms with E-state index in [0.717, 1.165) is 5.56 Å². The molecule has 1 N–H and O–H groups in total. The zero-order valence-electron chi connectivity index (χ0n) is 7.83. The van der Waals surface area contributed by atoms with Crippen molar-refractivity contribution in [3.8, 4) is 0 Å². The molecule has 0 aromatic heterocycles. The van der Waals surface area contributed by atoms with Gasteiger partial charge in [0, 0.05) is 5.41 Å². The molecule has 2 nitrogen and oxygen atoms in total. The smallest absolute Gasteiger partial charge is 0.307 e. The van der Waals surface area contributed by atoms with Crippen molar-refractivity contribution in [1.82, 2.24) is 0 Å². The van der Waals surface area contributed by atoms with Crippen molar-refractivity contribution < 1.29 is 14.3 Å². The van der Waals surface area contributed by atoms with Crippen LogP contribution in [0.1, 0.15) is 18.9 Å². The number of aliphatic carboxylic acids is 1. The number of carbonyl (C=O) groups is 1. The summed E-state index contributed by atoms with van der Waals surface area (Å²) in [5.41, 5.74) is 0.616. The van der Waals surface area contributed by atoms with Crippen LogP contribution in [0.2, 0.25) is 0 Å². The molecule has 0 radical (unpaired) electrons. The molecule has 0 unspecified atom stereocenters. The molecular formula is C11H11FO2. The van der Waals surface area contributed by atoms with E-state index in [9.17, 15) is 9.18 Å². The average Bonchev–Trinajstić information content (AvgIpc) is 2.80. The largest absolute Gasteiger partial charge is 0.481 e. The Morgan fingerprint density at radius 3 is 2.50 bits per heavy atom. The quantitative estimate of drug-likeness (QED) is 0.783. The van der Waals surface area contributed by atoms with Crippen LogP contribution in [0.3, 0.4) is 0 Å². The number of halogens is 1. The summed E-state index contributed by atoms with van der Waals surface area (Å²) < 4.78 is 12.6. The molecule has 1 aromatic rings. The van der Waals surface area contributed by atoms with Gasteiger partial charge in [0.1, 0.15) is 5.82 Å². The molecule has 1 aliphatic rings. The van der Waals surface area contributed by atoms with Gasteiger partial charge in [-0.25, -0.2) is 4.39 Å². The normalized spacial score (nSPS) is 30.0. The van der Waals surface area contributed by atoms with Crippen LogP contribution in [0.25, 0.3) is 0 Å². The van der Waals surface area contributed by atoms with Crippen LogP contribution in [-0.2, 0) is 10.2 Å². The lowest BCUT2D eigenvalue weighted by molar-refractivity contribution is -0.138. The number of hydrogen-bond acceptors (Lipinski definition) is 1. The van der Waals surface area contributed by atoms with E-state index in [1.807, 2.05) is 6.92 Å². The Bertz CT molecular complexity index is 371. The van der Waals surface area contributed by atoms with Crippen molar-refractivity contribution in [3.63, 3.8) is 0 Å². The molecule has 1 saturated carbocycles. The fourth-order valence-electron chi connectivity index (χ4n) is 1.87. The van der Waals surface area contributed by atoms with Gasteiger partial charge in [0.15, 0.2) is 0 Å². The summed E-state index contributed by atoms with van der Waals surface area (Å²) in [6.07, 6.45) is 0.647. The molecular weight excluding hydrogens is 183 g/mol. The summed E-state index contributed by atoms with van der Waals surface area (Å²) in [7, 11) is 0. The van der Waals surface area contributed by atoms with Crippen LogP contribution in [0.5, 0.6) is 0 Å². The summed E-state index contributed by atoms with van der Waals surface area (Å²) in [4.78, 5) is 10.7. The van der Waals surface area contributed by atoms with Crippen molar-refractivity contribution in [2.75, 3.05) is 0 Å². The predicted molar refractivity (Wildman–Crippen MR) is 49.5 cm³/mol. The summed E-state index contributed by atoms with van der Waals surface area (Å²) in [6, 6.07) is 6.08. The van der Waals surface area contributed by atoms with E-state index in [0.29, 0.717) is 6.42 Å². The minimum atomic E-state index is -0.767. The van der Waals surface area contributed by atoms with Crippen molar-refractivity contribution in [1.29, 1.82) is 0 Å². The standard InChI is InChI=1S/C11H11FO2/c1-11(6-9(11)10(13)14)7-2-4-8(12)5-3-7/h2-5,9H,6H2,1H3,(H,13,14)/t9-,11-/m1/s1. The molecule has 1 aliphatic carbocycles. The molecule has 2 atom stereocenters. The summed E-state index contributed by atoms with van der Waals surface area (Å²) in [5, 5.41) is 8.83. The molecule has 14 heavy (non-hydrogen) atoms. The van der Waals surface area contributed by atoms with E-state index in [2.05, 4.69) is 0 Å². The first-order valence-corrected chi connectivity index (χ1v) is 4.53. The molecule has 0 bridgehead atoms. The van der Waals surface area contributed by atoms with Crippen LogP contribution < -0.4 is 0 Å². The van der Waals surface area contributed by atoms with Gasteiger partial charge < -0.3 is 5.11 Å². The van der Waals surface area contributed by atoms with Crippen LogP contribution in [0, 0.1) is 11.7 Å². The van der Waals surface area contributed by atoms with Gasteiger partial charge in [0.05, 0.1) is 5.92 Å². The first-order chi connectivity index (χ1) is 6.54. The Hall–Kier alpha value is -1.38. The van der Waals surface area contributed by atoms with Crippen LogP contribution >= 0.6 is 0 Å². The van der Waals surface area contributed by atoms with E-state index in [-0.39, 0.29) is 17.2 Å². The molecule has 1 fully saturated rings. The molecule has 2 rings (SSSR count). The number of benzene rings is 1. The lowest BCUT2D eigenvalue weighted by Crippen LogP contribution is -2.10. The number of carboxylic acid groups (broad SMARTS) is 1. The summed E-state index contributed by atoms with van der Waals surface area (Å²) in [5.74, 6) is -1.37. The van der Waals surface area contributed by atoms with Gasteiger partial charge in [-0.05, 0) is 24.1 Å². The molecule has 3 heteroatoms. The minimum Gasteiger partial charge on any atom is -0.481 e. The molecule has 0 saturated heterocycles. The van der Waals surface area contributed by atoms with Crippen LogP contribution in [0.4, 0.5) is 4.39 Å². The molecule has 0 spiro atoms. The first kappa shape index (κ1) is 9.19. The van der Waals surface area contributed by atoms with Gasteiger partial charge in [-0.1, -0.05) is 19.1 Å². The molecule has 0 aliphatic heterocycles. The van der Waals surface area contributed by atoms with E-state index in [4.69, 9.17) is 5.11 Å². The monoisotopic (exact) mass is 194 g/mol. The van der Waals surface area contributed by atoms with Crippen molar-refractivity contribution in [2.24, 2.45) is 5.92 Å². The second-order valence-electron chi connectivity index (χ2n) is 4.02. The zero-order valence-corrected chi connectivity index (χ0v) is 7.83. The van der Waals surface area contributed by atoms with Crippen molar-refractivity contribution in [3.05, 3.63) is 35.6 Å².